The molecule has 0 saturated heterocycles. The normalized spacial score (nSPS) is 22.6. The van der Waals surface area contributed by atoms with E-state index in [9.17, 15) is 4.79 Å². The molecular formula is C12H14N2O. The molecule has 1 heterocycles. The first-order valence-corrected chi connectivity index (χ1v) is 5.02. The van der Waals surface area contributed by atoms with Crippen LogP contribution in [0, 0.1) is 0 Å². The number of carbonyl (C=O) groups excluding carboxylic acids is 1. The van der Waals surface area contributed by atoms with Gasteiger partial charge in [-0.05, 0) is 31.0 Å². The van der Waals surface area contributed by atoms with Gasteiger partial charge in [0.15, 0.2) is 5.78 Å². The predicted molar refractivity (Wildman–Crippen MR) is 60.3 cm³/mol. The zero-order valence-corrected chi connectivity index (χ0v) is 8.66. The standard InChI is InChI=1S/C12H14N2O/c1-13-8-12(15)10-5-4-9-3-2-6-14-11(9)7-10/h2-7,11,13-14H,8H2,1H3. The van der Waals surface area contributed by atoms with Gasteiger partial charge in [0, 0.05) is 5.57 Å². The van der Waals surface area contributed by atoms with E-state index in [0.29, 0.717) is 6.54 Å². The van der Waals surface area contributed by atoms with Gasteiger partial charge in [0.1, 0.15) is 0 Å². The summed E-state index contributed by atoms with van der Waals surface area (Å²) in [7, 11) is 1.78. The Morgan fingerprint density at radius 2 is 2.40 bits per heavy atom. The largest absolute Gasteiger partial charge is 0.381 e. The number of dihydropyridines is 1. The number of hydrogen-bond acceptors (Lipinski definition) is 3. The minimum atomic E-state index is 0.129. The van der Waals surface area contributed by atoms with Crippen molar-refractivity contribution in [3.05, 3.63) is 47.7 Å². The third-order valence-corrected chi connectivity index (χ3v) is 2.48. The van der Waals surface area contributed by atoms with Crippen molar-refractivity contribution in [3.63, 3.8) is 0 Å². The van der Waals surface area contributed by atoms with Crippen LogP contribution in [0.2, 0.25) is 0 Å². The molecule has 2 N–H and O–H groups in total. The molecular weight excluding hydrogens is 188 g/mol. The molecule has 3 nitrogen and oxygen atoms in total. The molecule has 0 bridgehead atoms. The van der Waals surface area contributed by atoms with Crippen molar-refractivity contribution in [2.45, 2.75) is 6.04 Å². The number of rotatable bonds is 3. The summed E-state index contributed by atoms with van der Waals surface area (Å²) >= 11 is 0. The Morgan fingerprint density at radius 3 is 3.20 bits per heavy atom. The molecule has 0 aromatic carbocycles. The Balaban J connectivity index is 2.15. The topological polar surface area (TPSA) is 41.1 Å². The lowest BCUT2D eigenvalue weighted by molar-refractivity contribution is -0.114. The van der Waals surface area contributed by atoms with E-state index in [-0.39, 0.29) is 11.8 Å². The van der Waals surface area contributed by atoms with Gasteiger partial charge in [0.05, 0.1) is 12.6 Å². The molecule has 1 aliphatic heterocycles. The minimum Gasteiger partial charge on any atom is -0.381 e. The summed E-state index contributed by atoms with van der Waals surface area (Å²) in [5, 5.41) is 6.06. The predicted octanol–water partition coefficient (Wildman–Crippen LogP) is 0.683. The van der Waals surface area contributed by atoms with Gasteiger partial charge in [-0.3, -0.25) is 4.79 Å². The minimum absolute atomic E-state index is 0.129. The molecule has 0 spiro atoms. The summed E-state index contributed by atoms with van der Waals surface area (Å²) in [6.07, 6.45) is 11.7. The van der Waals surface area contributed by atoms with Gasteiger partial charge in [-0.15, -0.1) is 0 Å². The summed E-state index contributed by atoms with van der Waals surface area (Å²) < 4.78 is 0. The second-order valence-electron chi connectivity index (χ2n) is 3.58. The Labute approximate surface area is 89.2 Å². The van der Waals surface area contributed by atoms with Crippen molar-refractivity contribution >= 4 is 5.78 Å². The fraction of sp³-hybridized carbons (Fsp3) is 0.250. The van der Waals surface area contributed by atoms with E-state index in [1.54, 1.807) is 7.05 Å². The molecule has 0 saturated carbocycles. The average Bonchev–Trinajstić information content (AvgIpc) is 2.29. The van der Waals surface area contributed by atoms with Crippen molar-refractivity contribution in [2.24, 2.45) is 0 Å². The van der Waals surface area contributed by atoms with Gasteiger partial charge in [0.25, 0.3) is 0 Å². The maximum absolute atomic E-state index is 11.6. The summed E-state index contributed by atoms with van der Waals surface area (Å²) in [5.74, 6) is 0.129. The average molecular weight is 202 g/mol. The molecule has 1 aliphatic carbocycles. The number of allylic oxidation sites excluding steroid dienone is 3. The third kappa shape index (κ3) is 2.07. The summed E-state index contributed by atoms with van der Waals surface area (Å²) in [6.45, 7) is 0.387. The highest BCUT2D eigenvalue weighted by Gasteiger charge is 2.17. The Hall–Kier alpha value is -1.61. The van der Waals surface area contributed by atoms with Gasteiger partial charge >= 0.3 is 0 Å². The van der Waals surface area contributed by atoms with Crippen molar-refractivity contribution in [2.75, 3.05) is 13.6 Å². The molecule has 1 atom stereocenters. The number of carbonyl (C=O) groups is 1. The van der Waals surface area contributed by atoms with Gasteiger partial charge in [-0.25, -0.2) is 0 Å². The lowest BCUT2D eigenvalue weighted by Crippen LogP contribution is -2.29. The fourth-order valence-corrected chi connectivity index (χ4v) is 1.69. The van der Waals surface area contributed by atoms with Crippen molar-refractivity contribution in [1.82, 2.24) is 10.6 Å². The quantitative estimate of drug-likeness (QED) is 0.707. The molecule has 2 rings (SSSR count). The van der Waals surface area contributed by atoms with Gasteiger partial charge < -0.3 is 10.6 Å². The second-order valence-corrected chi connectivity index (χ2v) is 3.58. The Kier molecular flexibility index (Phi) is 2.83. The monoisotopic (exact) mass is 202 g/mol. The molecule has 1 unspecified atom stereocenters. The van der Waals surface area contributed by atoms with Crippen LogP contribution in [0.1, 0.15) is 0 Å². The molecule has 3 heteroatoms. The SMILES string of the molecule is CNCC(=O)C1=CC2NC=CC=C2C=C1. The van der Waals surface area contributed by atoms with Crippen LogP contribution in [0.5, 0.6) is 0 Å². The molecule has 0 aromatic rings. The molecule has 0 fully saturated rings. The number of Topliss-reactive ketones (excluding diaryl/α,β-unsaturated/α-hetero) is 1. The molecule has 15 heavy (non-hydrogen) atoms. The van der Waals surface area contributed by atoms with E-state index in [2.05, 4.69) is 10.6 Å². The summed E-state index contributed by atoms with van der Waals surface area (Å²) in [6, 6.07) is 0.149. The van der Waals surface area contributed by atoms with Crippen LogP contribution in [0.25, 0.3) is 0 Å². The summed E-state index contributed by atoms with van der Waals surface area (Å²) in [5.41, 5.74) is 1.97. The van der Waals surface area contributed by atoms with Crippen LogP contribution < -0.4 is 10.6 Å². The van der Waals surface area contributed by atoms with E-state index >= 15 is 0 Å². The van der Waals surface area contributed by atoms with Crippen LogP contribution >= 0.6 is 0 Å². The maximum atomic E-state index is 11.6. The first kappa shape index (κ1) is 9.93. The van der Waals surface area contributed by atoms with Gasteiger partial charge in [-0.1, -0.05) is 18.2 Å². The van der Waals surface area contributed by atoms with Gasteiger partial charge in [-0.2, -0.15) is 0 Å². The smallest absolute Gasteiger partial charge is 0.176 e. The lowest BCUT2D eigenvalue weighted by Gasteiger charge is -2.22. The highest BCUT2D eigenvalue weighted by atomic mass is 16.1. The van der Waals surface area contributed by atoms with Crippen LogP contribution in [0.4, 0.5) is 0 Å². The van der Waals surface area contributed by atoms with E-state index in [1.807, 2.05) is 36.6 Å². The fourth-order valence-electron chi connectivity index (χ4n) is 1.69. The van der Waals surface area contributed by atoms with Crippen molar-refractivity contribution in [3.8, 4) is 0 Å². The number of fused-ring (bicyclic) bond motifs is 1. The number of likely N-dealkylation sites (N-methyl/N-ethyl adjacent to an activating group) is 1. The zero-order valence-electron chi connectivity index (χ0n) is 8.66. The molecule has 78 valence electrons. The third-order valence-electron chi connectivity index (χ3n) is 2.48. The van der Waals surface area contributed by atoms with Crippen molar-refractivity contribution in [1.29, 1.82) is 0 Å². The van der Waals surface area contributed by atoms with E-state index < -0.39 is 0 Å². The highest BCUT2D eigenvalue weighted by molar-refractivity contribution is 6.00. The molecule has 0 aromatic heterocycles. The number of hydrogen-bond donors (Lipinski definition) is 2. The zero-order chi connectivity index (χ0) is 10.7. The van der Waals surface area contributed by atoms with Crippen molar-refractivity contribution < 1.29 is 4.79 Å². The first-order chi connectivity index (χ1) is 7.31. The van der Waals surface area contributed by atoms with E-state index in [0.717, 1.165) is 5.57 Å². The molecule has 0 radical (unpaired) electrons. The van der Waals surface area contributed by atoms with Crippen LogP contribution in [-0.4, -0.2) is 25.4 Å². The Morgan fingerprint density at radius 1 is 1.53 bits per heavy atom. The lowest BCUT2D eigenvalue weighted by atomic mass is 9.94. The van der Waals surface area contributed by atoms with Crippen LogP contribution in [0.15, 0.2) is 47.7 Å². The second kappa shape index (κ2) is 4.28. The van der Waals surface area contributed by atoms with Gasteiger partial charge in [0.2, 0.25) is 0 Å². The summed E-state index contributed by atoms with van der Waals surface area (Å²) in [4.78, 5) is 11.6. The maximum Gasteiger partial charge on any atom is 0.176 e. The van der Waals surface area contributed by atoms with Crippen LogP contribution in [-0.2, 0) is 4.79 Å². The molecule has 2 aliphatic rings. The van der Waals surface area contributed by atoms with Crippen LogP contribution in [0.3, 0.4) is 0 Å². The number of nitrogens with one attached hydrogen (secondary N) is 2. The van der Waals surface area contributed by atoms with E-state index in [1.165, 1.54) is 5.57 Å². The molecule has 0 amide bonds. The van der Waals surface area contributed by atoms with E-state index in [4.69, 9.17) is 0 Å². The first-order valence-electron chi connectivity index (χ1n) is 5.02. The Bertz CT molecular complexity index is 388. The highest BCUT2D eigenvalue weighted by Crippen LogP contribution is 2.19. The number of ketones is 1.